The maximum atomic E-state index is 9.21. The first-order valence-corrected chi connectivity index (χ1v) is 8.97. The van der Waals surface area contributed by atoms with Gasteiger partial charge in [-0.2, -0.15) is 9.61 Å². The SMILES string of the molecule is Cc1nn2c(NCCO)c3c(nc2c1-c1cccs1)CCCC3. The molecule has 3 heterocycles. The molecule has 6 heteroatoms. The normalized spacial score (nSPS) is 14.2. The molecule has 0 atom stereocenters. The van der Waals surface area contributed by atoms with E-state index in [1.165, 1.54) is 29.0 Å². The molecule has 3 aromatic heterocycles. The number of aryl methyl sites for hydroxylation is 2. The van der Waals surface area contributed by atoms with Crippen LogP contribution in [0.3, 0.4) is 0 Å². The van der Waals surface area contributed by atoms with Crippen molar-refractivity contribution in [1.82, 2.24) is 14.6 Å². The molecule has 0 unspecified atom stereocenters. The van der Waals surface area contributed by atoms with Crippen molar-refractivity contribution >= 4 is 22.8 Å². The van der Waals surface area contributed by atoms with E-state index in [-0.39, 0.29) is 6.61 Å². The highest BCUT2D eigenvalue weighted by Crippen LogP contribution is 2.35. The van der Waals surface area contributed by atoms with Crippen LogP contribution in [0.1, 0.15) is 29.8 Å². The van der Waals surface area contributed by atoms with Gasteiger partial charge in [-0.05, 0) is 44.1 Å². The van der Waals surface area contributed by atoms with Crippen LogP contribution in [0.4, 0.5) is 5.82 Å². The number of nitrogens with zero attached hydrogens (tertiary/aromatic N) is 3. The highest BCUT2D eigenvalue weighted by Gasteiger charge is 2.23. The maximum Gasteiger partial charge on any atom is 0.166 e. The molecule has 0 saturated heterocycles. The maximum absolute atomic E-state index is 9.21. The minimum absolute atomic E-state index is 0.108. The molecule has 0 aliphatic heterocycles. The van der Waals surface area contributed by atoms with Crippen LogP contribution < -0.4 is 5.32 Å². The molecule has 0 saturated carbocycles. The second-order valence-corrected chi connectivity index (χ2v) is 6.86. The summed E-state index contributed by atoms with van der Waals surface area (Å²) in [6.45, 7) is 2.67. The molecule has 0 aromatic carbocycles. The van der Waals surface area contributed by atoms with Crippen molar-refractivity contribution < 1.29 is 5.11 Å². The monoisotopic (exact) mass is 328 g/mol. The quantitative estimate of drug-likeness (QED) is 0.773. The third-order valence-corrected chi connectivity index (χ3v) is 5.27. The van der Waals surface area contributed by atoms with Gasteiger partial charge in [0.1, 0.15) is 5.82 Å². The van der Waals surface area contributed by atoms with Crippen molar-refractivity contribution in [3.8, 4) is 10.4 Å². The van der Waals surface area contributed by atoms with Crippen molar-refractivity contribution in [2.24, 2.45) is 0 Å². The van der Waals surface area contributed by atoms with E-state index in [1.807, 2.05) is 11.4 Å². The van der Waals surface area contributed by atoms with Crippen molar-refractivity contribution in [1.29, 1.82) is 0 Å². The Morgan fingerprint density at radius 1 is 1.35 bits per heavy atom. The van der Waals surface area contributed by atoms with Gasteiger partial charge in [0.25, 0.3) is 0 Å². The van der Waals surface area contributed by atoms with Crippen molar-refractivity contribution in [3.05, 3.63) is 34.5 Å². The van der Waals surface area contributed by atoms with Gasteiger partial charge in [0.2, 0.25) is 0 Å². The van der Waals surface area contributed by atoms with E-state index >= 15 is 0 Å². The molecule has 4 rings (SSSR count). The molecule has 120 valence electrons. The number of anilines is 1. The van der Waals surface area contributed by atoms with Crippen LogP contribution in [0, 0.1) is 6.92 Å². The fourth-order valence-corrected chi connectivity index (χ4v) is 4.18. The highest BCUT2D eigenvalue weighted by molar-refractivity contribution is 7.13. The zero-order chi connectivity index (χ0) is 15.8. The molecule has 3 aromatic rings. The lowest BCUT2D eigenvalue weighted by atomic mass is 9.96. The van der Waals surface area contributed by atoms with Crippen molar-refractivity contribution in [2.45, 2.75) is 32.6 Å². The highest BCUT2D eigenvalue weighted by atomic mass is 32.1. The molecule has 0 bridgehead atoms. The molecule has 0 spiro atoms. The van der Waals surface area contributed by atoms with Gasteiger partial charge in [0.15, 0.2) is 5.65 Å². The Morgan fingerprint density at radius 3 is 3.00 bits per heavy atom. The van der Waals surface area contributed by atoms with Gasteiger partial charge in [-0.15, -0.1) is 11.3 Å². The number of hydrogen-bond donors (Lipinski definition) is 2. The number of aliphatic hydroxyl groups is 1. The number of fused-ring (bicyclic) bond motifs is 2. The van der Waals surface area contributed by atoms with Crippen LogP contribution in [0.5, 0.6) is 0 Å². The van der Waals surface area contributed by atoms with Crippen LogP contribution in [0.15, 0.2) is 17.5 Å². The summed E-state index contributed by atoms with van der Waals surface area (Å²) < 4.78 is 1.93. The molecule has 0 radical (unpaired) electrons. The zero-order valence-electron chi connectivity index (χ0n) is 13.2. The molecule has 1 aliphatic rings. The van der Waals surface area contributed by atoms with Crippen molar-refractivity contribution in [2.75, 3.05) is 18.5 Å². The van der Waals surface area contributed by atoms with E-state index in [0.29, 0.717) is 6.54 Å². The fourth-order valence-electron chi connectivity index (χ4n) is 3.36. The Labute approximate surface area is 139 Å². The van der Waals surface area contributed by atoms with Crippen LogP contribution in [-0.4, -0.2) is 32.9 Å². The molecular weight excluding hydrogens is 308 g/mol. The third-order valence-electron chi connectivity index (χ3n) is 4.39. The van der Waals surface area contributed by atoms with E-state index in [2.05, 4.69) is 22.8 Å². The average molecular weight is 328 g/mol. The van der Waals surface area contributed by atoms with Gasteiger partial charge in [-0.3, -0.25) is 0 Å². The Balaban J connectivity index is 1.99. The lowest BCUT2D eigenvalue weighted by molar-refractivity contribution is 0.311. The molecule has 0 fully saturated rings. The first kappa shape index (κ1) is 14.7. The van der Waals surface area contributed by atoms with Crippen LogP contribution in [-0.2, 0) is 12.8 Å². The van der Waals surface area contributed by atoms with Gasteiger partial charge in [0.05, 0.1) is 17.9 Å². The Hall–Kier alpha value is -1.92. The fraction of sp³-hybridized carbons (Fsp3) is 0.412. The number of aromatic nitrogens is 3. The minimum Gasteiger partial charge on any atom is -0.395 e. The largest absolute Gasteiger partial charge is 0.395 e. The summed E-state index contributed by atoms with van der Waals surface area (Å²) in [5.74, 6) is 1.00. The van der Waals surface area contributed by atoms with E-state index in [4.69, 9.17) is 10.1 Å². The zero-order valence-corrected chi connectivity index (χ0v) is 14.0. The van der Waals surface area contributed by atoms with Crippen LogP contribution >= 0.6 is 11.3 Å². The van der Waals surface area contributed by atoms with Crippen LogP contribution in [0.2, 0.25) is 0 Å². The molecular formula is C17H20N4OS. The number of rotatable bonds is 4. The van der Waals surface area contributed by atoms with E-state index in [0.717, 1.165) is 35.6 Å². The summed E-state index contributed by atoms with van der Waals surface area (Å²) in [4.78, 5) is 6.17. The van der Waals surface area contributed by atoms with Gasteiger partial charge in [0, 0.05) is 22.7 Å². The number of nitrogens with one attached hydrogen (secondary N) is 1. The van der Waals surface area contributed by atoms with Gasteiger partial charge in [-0.25, -0.2) is 4.98 Å². The second kappa shape index (κ2) is 5.94. The van der Waals surface area contributed by atoms with E-state index in [9.17, 15) is 5.11 Å². The smallest absolute Gasteiger partial charge is 0.166 e. The van der Waals surface area contributed by atoms with Gasteiger partial charge >= 0.3 is 0 Å². The van der Waals surface area contributed by atoms with E-state index < -0.39 is 0 Å². The lowest BCUT2D eigenvalue weighted by Gasteiger charge is -2.20. The third kappa shape index (κ3) is 2.42. The Kier molecular flexibility index (Phi) is 3.79. The minimum atomic E-state index is 0.108. The van der Waals surface area contributed by atoms with Gasteiger partial charge in [-0.1, -0.05) is 6.07 Å². The molecule has 1 aliphatic carbocycles. The predicted octanol–water partition coefficient (Wildman–Crippen LogP) is 3.05. The summed E-state index contributed by atoms with van der Waals surface area (Å²) in [7, 11) is 0. The standard InChI is InChI=1S/C17H20N4OS/c1-11-15(14-7-4-10-23-14)17-19-13-6-3-2-5-12(13)16(18-8-9-22)21(17)20-11/h4,7,10,18,22H,2-3,5-6,8-9H2,1H3. The molecule has 23 heavy (non-hydrogen) atoms. The van der Waals surface area contributed by atoms with Crippen LogP contribution in [0.25, 0.3) is 16.1 Å². The summed E-state index contributed by atoms with van der Waals surface area (Å²) in [6.07, 6.45) is 4.43. The summed E-state index contributed by atoms with van der Waals surface area (Å²) in [6, 6.07) is 4.18. The summed E-state index contributed by atoms with van der Waals surface area (Å²) in [5.41, 5.74) is 5.49. The average Bonchev–Trinajstić information content (AvgIpc) is 3.18. The topological polar surface area (TPSA) is 62.5 Å². The Morgan fingerprint density at radius 2 is 2.22 bits per heavy atom. The predicted molar refractivity (Wildman–Crippen MR) is 93.3 cm³/mol. The molecule has 5 nitrogen and oxygen atoms in total. The number of hydrogen-bond acceptors (Lipinski definition) is 5. The summed E-state index contributed by atoms with van der Waals surface area (Å²) >= 11 is 1.72. The first-order valence-electron chi connectivity index (χ1n) is 8.09. The van der Waals surface area contributed by atoms with Gasteiger partial charge < -0.3 is 10.4 Å². The Bertz CT molecular complexity index is 838. The first-order chi connectivity index (χ1) is 11.3. The molecule has 2 N–H and O–H groups in total. The second-order valence-electron chi connectivity index (χ2n) is 5.92. The van der Waals surface area contributed by atoms with E-state index in [1.54, 1.807) is 11.3 Å². The summed E-state index contributed by atoms with van der Waals surface area (Å²) in [5, 5.41) is 19.4. The number of thiophene rings is 1. The van der Waals surface area contributed by atoms with Crippen molar-refractivity contribution in [3.63, 3.8) is 0 Å². The molecule has 0 amide bonds. The lowest BCUT2D eigenvalue weighted by Crippen LogP contribution is -2.17. The number of aliphatic hydroxyl groups excluding tert-OH is 1.